The zero-order valence-corrected chi connectivity index (χ0v) is 14.9. The van der Waals surface area contributed by atoms with Crippen molar-refractivity contribution in [3.8, 4) is 0 Å². The number of carbonyl (C=O) groups is 1. The van der Waals surface area contributed by atoms with Gasteiger partial charge in [0.2, 0.25) is 5.91 Å². The van der Waals surface area contributed by atoms with Crippen molar-refractivity contribution < 1.29 is 4.79 Å². The predicted octanol–water partition coefficient (Wildman–Crippen LogP) is 2.73. The Balaban J connectivity index is 1.20. The number of amides is 1. The highest BCUT2D eigenvalue weighted by Gasteiger charge is 2.51. The molecule has 0 aromatic carbocycles. The van der Waals surface area contributed by atoms with E-state index in [9.17, 15) is 4.79 Å². The van der Waals surface area contributed by atoms with E-state index < -0.39 is 0 Å². The van der Waals surface area contributed by atoms with E-state index in [1.165, 1.54) is 38.5 Å². The molecule has 1 aromatic rings. The Hall–Kier alpha value is -1.65. The van der Waals surface area contributed by atoms with Crippen molar-refractivity contribution >= 4 is 11.6 Å². The molecule has 5 aliphatic rings. The number of hydrogen-bond donors (Lipinski definition) is 0. The van der Waals surface area contributed by atoms with E-state index in [1.54, 1.807) is 6.20 Å². The van der Waals surface area contributed by atoms with Crippen LogP contribution in [0.5, 0.6) is 0 Å². The summed E-state index contributed by atoms with van der Waals surface area (Å²) < 4.78 is 0. The smallest absolute Gasteiger partial charge is 0.223 e. The first-order chi connectivity index (χ1) is 12.2. The van der Waals surface area contributed by atoms with Crippen LogP contribution in [0.1, 0.15) is 44.9 Å². The second-order valence-electron chi connectivity index (χ2n) is 9.06. The average molecular weight is 340 g/mol. The molecule has 1 aliphatic heterocycles. The SMILES string of the molecule is O=C(CC12CC3CC(CC(C3)C1)C2)N1CCN(c2ccnnc2)CC1. The van der Waals surface area contributed by atoms with Crippen molar-refractivity contribution in [2.45, 2.75) is 44.9 Å². The zero-order valence-electron chi connectivity index (χ0n) is 14.9. The lowest BCUT2D eigenvalue weighted by Gasteiger charge is -2.57. The van der Waals surface area contributed by atoms with Gasteiger partial charge in [0.05, 0.1) is 18.1 Å². The highest BCUT2D eigenvalue weighted by Crippen LogP contribution is 2.61. The van der Waals surface area contributed by atoms with Crippen molar-refractivity contribution in [2.24, 2.45) is 23.2 Å². The van der Waals surface area contributed by atoms with Gasteiger partial charge in [-0.05, 0) is 67.8 Å². The molecule has 4 saturated carbocycles. The fourth-order valence-corrected chi connectivity index (χ4v) is 6.62. The van der Waals surface area contributed by atoms with Crippen LogP contribution < -0.4 is 4.90 Å². The third-order valence-electron chi connectivity index (χ3n) is 7.26. The number of hydrogen-bond acceptors (Lipinski definition) is 4. The van der Waals surface area contributed by atoms with Crippen LogP contribution in [0.2, 0.25) is 0 Å². The monoisotopic (exact) mass is 340 g/mol. The number of anilines is 1. The summed E-state index contributed by atoms with van der Waals surface area (Å²) in [6, 6.07) is 2.00. The zero-order chi connectivity index (χ0) is 16.9. The van der Waals surface area contributed by atoms with Gasteiger partial charge in [-0.1, -0.05) is 0 Å². The number of carbonyl (C=O) groups excluding carboxylic acids is 1. The fourth-order valence-electron chi connectivity index (χ4n) is 6.62. The molecule has 4 aliphatic carbocycles. The molecule has 5 heteroatoms. The van der Waals surface area contributed by atoms with Crippen molar-refractivity contribution in [1.29, 1.82) is 0 Å². The van der Waals surface area contributed by atoms with Gasteiger partial charge in [-0.25, -0.2) is 0 Å². The quantitative estimate of drug-likeness (QED) is 0.849. The lowest BCUT2D eigenvalue weighted by Crippen LogP contribution is -2.52. The van der Waals surface area contributed by atoms with Crippen LogP contribution in [-0.4, -0.2) is 47.2 Å². The Kier molecular flexibility index (Phi) is 3.72. The summed E-state index contributed by atoms with van der Waals surface area (Å²) in [5, 5.41) is 7.81. The molecule has 134 valence electrons. The normalized spacial score (nSPS) is 36.7. The summed E-state index contributed by atoms with van der Waals surface area (Å²) in [6.45, 7) is 3.48. The third kappa shape index (κ3) is 2.91. The highest BCUT2D eigenvalue weighted by atomic mass is 16.2. The van der Waals surface area contributed by atoms with Crippen LogP contribution in [0.3, 0.4) is 0 Å². The van der Waals surface area contributed by atoms with Crippen molar-refractivity contribution in [1.82, 2.24) is 15.1 Å². The second kappa shape index (κ2) is 5.96. The van der Waals surface area contributed by atoms with Crippen LogP contribution in [0.25, 0.3) is 0 Å². The van der Waals surface area contributed by atoms with Crippen molar-refractivity contribution in [2.75, 3.05) is 31.1 Å². The minimum absolute atomic E-state index is 0.359. The molecule has 5 fully saturated rings. The van der Waals surface area contributed by atoms with E-state index in [0.717, 1.165) is 56.0 Å². The van der Waals surface area contributed by atoms with Gasteiger partial charge in [-0.15, -0.1) is 0 Å². The van der Waals surface area contributed by atoms with E-state index in [0.29, 0.717) is 11.3 Å². The van der Waals surface area contributed by atoms with Gasteiger partial charge in [0, 0.05) is 32.6 Å². The van der Waals surface area contributed by atoms with E-state index in [-0.39, 0.29) is 0 Å². The van der Waals surface area contributed by atoms with Crippen molar-refractivity contribution in [3.05, 3.63) is 18.5 Å². The maximum atomic E-state index is 13.0. The molecule has 0 atom stereocenters. The standard InChI is InChI=1S/C20H28N4O/c25-19(13-20-10-15-7-16(11-20)9-17(8-15)12-20)24-5-3-23(4-6-24)18-1-2-21-22-14-18/h1-2,14-17H,3-13H2. The Morgan fingerprint density at radius 1 is 1.00 bits per heavy atom. The first kappa shape index (κ1) is 15.6. The third-order valence-corrected chi connectivity index (χ3v) is 7.26. The molecule has 1 aromatic heterocycles. The summed E-state index contributed by atoms with van der Waals surface area (Å²) >= 11 is 0. The predicted molar refractivity (Wildman–Crippen MR) is 96.0 cm³/mol. The molecule has 4 bridgehead atoms. The van der Waals surface area contributed by atoms with E-state index in [2.05, 4.69) is 20.0 Å². The summed E-state index contributed by atoms with van der Waals surface area (Å²) in [7, 11) is 0. The minimum atomic E-state index is 0.359. The molecule has 25 heavy (non-hydrogen) atoms. The van der Waals surface area contributed by atoms with E-state index in [4.69, 9.17) is 0 Å². The van der Waals surface area contributed by atoms with Gasteiger partial charge in [-0.3, -0.25) is 4.79 Å². The number of piperazine rings is 1. The molecule has 0 N–H and O–H groups in total. The van der Waals surface area contributed by atoms with Crippen LogP contribution in [-0.2, 0) is 4.79 Å². The molecule has 6 rings (SSSR count). The lowest BCUT2D eigenvalue weighted by atomic mass is 9.49. The first-order valence-corrected chi connectivity index (χ1v) is 9.99. The molecular formula is C20H28N4O. The minimum Gasteiger partial charge on any atom is -0.367 e. The molecule has 0 unspecified atom stereocenters. The average Bonchev–Trinajstić information content (AvgIpc) is 2.61. The summed E-state index contributed by atoms with van der Waals surface area (Å²) in [4.78, 5) is 17.4. The van der Waals surface area contributed by atoms with Crippen LogP contribution >= 0.6 is 0 Å². The first-order valence-electron chi connectivity index (χ1n) is 9.99. The molecule has 2 heterocycles. The fraction of sp³-hybridized carbons (Fsp3) is 0.750. The summed E-state index contributed by atoms with van der Waals surface area (Å²) in [5.74, 6) is 3.19. The molecule has 1 amide bonds. The molecular weight excluding hydrogens is 312 g/mol. The van der Waals surface area contributed by atoms with Crippen LogP contribution in [0.15, 0.2) is 18.5 Å². The van der Waals surface area contributed by atoms with E-state index in [1.807, 2.05) is 12.3 Å². The lowest BCUT2D eigenvalue weighted by molar-refractivity contribution is -0.139. The van der Waals surface area contributed by atoms with Gasteiger partial charge in [0.1, 0.15) is 0 Å². The van der Waals surface area contributed by atoms with Gasteiger partial charge >= 0.3 is 0 Å². The van der Waals surface area contributed by atoms with E-state index >= 15 is 0 Å². The summed E-state index contributed by atoms with van der Waals surface area (Å²) in [5.41, 5.74) is 1.47. The van der Waals surface area contributed by atoms with Crippen LogP contribution in [0, 0.1) is 23.2 Å². The Bertz CT molecular complexity index is 603. The van der Waals surface area contributed by atoms with Gasteiger partial charge in [0.15, 0.2) is 0 Å². The second-order valence-corrected chi connectivity index (χ2v) is 9.06. The Labute approximate surface area is 149 Å². The maximum Gasteiger partial charge on any atom is 0.223 e. The Morgan fingerprint density at radius 2 is 1.64 bits per heavy atom. The van der Waals surface area contributed by atoms with Gasteiger partial charge in [0.25, 0.3) is 0 Å². The number of rotatable bonds is 3. The van der Waals surface area contributed by atoms with Crippen molar-refractivity contribution in [3.63, 3.8) is 0 Å². The number of nitrogens with zero attached hydrogens (tertiary/aromatic N) is 4. The largest absolute Gasteiger partial charge is 0.367 e. The molecule has 0 spiro atoms. The molecule has 0 radical (unpaired) electrons. The van der Waals surface area contributed by atoms with Gasteiger partial charge in [-0.2, -0.15) is 10.2 Å². The highest BCUT2D eigenvalue weighted by molar-refractivity contribution is 5.77. The number of aromatic nitrogens is 2. The van der Waals surface area contributed by atoms with Crippen LogP contribution in [0.4, 0.5) is 5.69 Å². The van der Waals surface area contributed by atoms with Gasteiger partial charge < -0.3 is 9.80 Å². The topological polar surface area (TPSA) is 49.3 Å². The summed E-state index contributed by atoms with van der Waals surface area (Å²) in [6.07, 6.45) is 12.7. The molecule has 5 nitrogen and oxygen atoms in total. The molecule has 1 saturated heterocycles. The Morgan fingerprint density at radius 3 is 2.20 bits per heavy atom. The maximum absolute atomic E-state index is 13.0.